The Kier molecular flexibility index (Phi) is 3.60. The van der Waals surface area contributed by atoms with Gasteiger partial charge in [0.2, 0.25) is 0 Å². The van der Waals surface area contributed by atoms with Gasteiger partial charge in [0.1, 0.15) is 0 Å². The van der Waals surface area contributed by atoms with Gasteiger partial charge in [0, 0.05) is 16.5 Å². The van der Waals surface area contributed by atoms with E-state index in [1.165, 1.54) is 0 Å². The maximum atomic E-state index is 11.9. The van der Waals surface area contributed by atoms with E-state index >= 15 is 0 Å². The fourth-order valence-electron chi connectivity index (χ4n) is 2.85. The van der Waals surface area contributed by atoms with E-state index < -0.39 is 15.4 Å². The summed E-state index contributed by atoms with van der Waals surface area (Å²) in [6, 6.07) is 2.15. The molecule has 0 aliphatic carbocycles. The number of hydrogen-bond acceptors (Lipinski definition) is 3. The molecule has 1 aromatic rings. The summed E-state index contributed by atoms with van der Waals surface area (Å²) in [7, 11) is -2.95. The molecule has 1 aromatic heterocycles. The van der Waals surface area contributed by atoms with Crippen molar-refractivity contribution in [2.45, 2.75) is 71.3 Å². The van der Waals surface area contributed by atoms with Crippen LogP contribution in [0, 0.1) is 0 Å². The number of aromatic nitrogens is 2. The highest BCUT2D eigenvalue weighted by Gasteiger charge is 2.43. The molecule has 0 radical (unpaired) electrons. The molecule has 0 bridgehead atoms. The first-order valence-corrected chi connectivity index (χ1v) is 9.39. The van der Waals surface area contributed by atoms with Gasteiger partial charge in [0.05, 0.1) is 22.7 Å². The Bertz CT molecular complexity index is 645. The minimum absolute atomic E-state index is 0.0426. The molecule has 1 aliphatic heterocycles. The van der Waals surface area contributed by atoms with Crippen LogP contribution < -0.4 is 0 Å². The summed E-state index contributed by atoms with van der Waals surface area (Å²) in [5, 5.41) is 4.82. The molecule has 1 unspecified atom stereocenters. The average Bonchev–Trinajstić information content (AvgIpc) is 2.79. The molecule has 0 spiro atoms. The molecule has 5 heteroatoms. The van der Waals surface area contributed by atoms with Crippen LogP contribution in [0.1, 0.15) is 66.3 Å². The van der Waals surface area contributed by atoms with Gasteiger partial charge < -0.3 is 0 Å². The molecule has 2 heterocycles. The van der Waals surface area contributed by atoms with Crippen molar-refractivity contribution in [1.29, 1.82) is 0 Å². The van der Waals surface area contributed by atoms with Crippen LogP contribution in [-0.4, -0.2) is 29.7 Å². The van der Waals surface area contributed by atoms with Gasteiger partial charge in [-0.25, -0.2) is 8.42 Å². The number of rotatable bonds is 1. The number of nitrogens with zero attached hydrogens (tertiary/aromatic N) is 2. The Morgan fingerprint density at radius 1 is 1.14 bits per heavy atom. The second-order valence-electron chi connectivity index (χ2n) is 8.67. The van der Waals surface area contributed by atoms with Crippen LogP contribution in [0.3, 0.4) is 0 Å². The predicted molar refractivity (Wildman–Crippen MR) is 86.5 cm³/mol. The molecule has 1 fully saturated rings. The molecular formula is C16H28N2O2S. The van der Waals surface area contributed by atoms with Crippen LogP contribution in [0.15, 0.2) is 6.07 Å². The van der Waals surface area contributed by atoms with E-state index in [2.05, 4.69) is 47.6 Å². The van der Waals surface area contributed by atoms with E-state index in [9.17, 15) is 8.42 Å². The predicted octanol–water partition coefficient (Wildman–Crippen LogP) is 3.01. The van der Waals surface area contributed by atoms with Crippen molar-refractivity contribution in [3.63, 3.8) is 0 Å². The van der Waals surface area contributed by atoms with E-state index in [0.29, 0.717) is 6.42 Å². The lowest BCUT2D eigenvalue weighted by Gasteiger charge is -2.30. The van der Waals surface area contributed by atoms with Crippen molar-refractivity contribution in [1.82, 2.24) is 9.78 Å². The van der Waals surface area contributed by atoms with Crippen LogP contribution in [0.4, 0.5) is 0 Å². The van der Waals surface area contributed by atoms with Crippen molar-refractivity contribution in [2.75, 3.05) is 11.5 Å². The van der Waals surface area contributed by atoms with Gasteiger partial charge in [-0.05, 0) is 19.4 Å². The molecule has 0 saturated carbocycles. The highest BCUT2D eigenvalue weighted by molar-refractivity contribution is 7.91. The third-order valence-electron chi connectivity index (χ3n) is 4.24. The zero-order valence-electron chi connectivity index (χ0n) is 14.3. The molecule has 120 valence electrons. The lowest BCUT2D eigenvalue weighted by Crippen LogP contribution is -2.36. The first kappa shape index (κ1) is 16.5. The van der Waals surface area contributed by atoms with E-state index in [1.807, 2.05) is 11.6 Å². The van der Waals surface area contributed by atoms with E-state index in [1.54, 1.807) is 0 Å². The molecule has 0 N–H and O–H groups in total. The topological polar surface area (TPSA) is 52.0 Å². The lowest BCUT2D eigenvalue weighted by atomic mass is 9.87. The van der Waals surface area contributed by atoms with Crippen molar-refractivity contribution in [3.05, 3.63) is 17.5 Å². The summed E-state index contributed by atoms with van der Waals surface area (Å²) >= 11 is 0. The van der Waals surface area contributed by atoms with Gasteiger partial charge in [-0.2, -0.15) is 5.10 Å². The minimum atomic E-state index is -2.95. The molecular weight excluding hydrogens is 284 g/mol. The van der Waals surface area contributed by atoms with Crippen molar-refractivity contribution >= 4 is 9.84 Å². The summed E-state index contributed by atoms with van der Waals surface area (Å²) in [5.74, 6) is 0.451. The molecule has 0 amide bonds. The third kappa shape index (κ3) is 3.17. The fraction of sp³-hybridized carbons (Fsp3) is 0.812. The van der Waals surface area contributed by atoms with Crippen molar-refractivity contribution in [2.24, 2.45) is 0 Å². The Morgan fingerprint density at radius 3 is 2.10 bits per heavy atom. The fourth-order valence-corrected chi connectivity index (χ4v) is 4.96. The summed E-state index contributed by atoms with van der Waals surface area (Å²) in [5.41, 5.74) is 1.61. The van der Waals surface area contributed by atoms with Gasteiger partial charge in [-0.1, -0.05) is 41.5 Å². The zero-order valence-corrected chi connectivity index (χ0v) is 15.1. The average molecular weight is 312 g/mol. The van der Waals surface area contributed by atoms with Crippen LogP contribution in [0.5, 0.6) is 0 Å². The summed E-state index contributed by atoms with van der Waals surface area (Å²) in [6.07, 6.45) is 0.643. The monoisotopic (exact) mass is 312 g/mol. The van der Waals surface area contributed by atoms with Gasteiger partial charge in [0.25, 0.3) is 0 Å². The normalized spacial score (nSPS) is 26.2. The molecule has 2 rings (SSSR count). The molecule has 0 aromatic carbocycles. The largest absolute Gasteiger partial charge is 0.262 e. The van der Waals surface area contributed by atoms with Crippen LogP contribution >= 0.6 is 0 Å². The lowest BCUT2D eigenvalue weighted by molar-refractivity contribution is 0.296. The Balaban J connectivity index is 2.60. The van der Waals surface area contributed by atoms with Crippen molar-refractivity contribution < 1.29 is 8.42 Å². The van der Waals surface area contributed by atoms with E-state index in [0.717, 1.165) is 11.4 Å². The maximum Gasteiger partial charge on any atom is 0.152 e. The van der Waals surface area contributed by atoms with Gasteiger partial charge in [-0.3, -0.25) is 4.68 Å². The summed E-state index contributed by atoms with van der Waals surface area (Å²) in [6.45, 7) is 14.9. The van der Waals surface area contributed by atoms with E-state index in [4.69, 9.17) is 5.10 Å². The van der Waals surface area contributed by atoms with Crippen LogP contribution in [0.25, 0.3) is 0 Å². The highest BCUT2D eigenvalue weighted by Crippen LogP contribution is 2.37. The minimum Gasteiger partial charge on any atom is -0.262 e. The Morgan fingerprint density at radius 2 is 1.71 bits per heavy atom. The first-order valence-electron chi connectivity index (χ1n) is 7.57. The van der Waals surface area contributed by atoms with Crippen LogP contribution in [0.2, 0.25) is 0 Å². The van der Waals surface area contributed by atoms with E-state index in [-0.39, 0.29) is 22.3 Å². The zero-order chi connectivity index (χ0) is 16.3. The molecule has 1 saturated heterocycles. The molecule has 1 atom stereocenters. The number of hydrogen-bond donors (Lipinski definition) is 0. The molecule has 21 heavy (non-hydrogen) atoms. The van der Waals surface area contributed by atoms with Gasteiger partial charge >= 0.3 is 0 Å². The number of sulfone groups is 1. The van der Waals surface area contributed by atoms with Crippen LogP contribution in [-0.2, 0) is 26.2 Å². The molecule has 4 nitrogen and oxygen atoms in total. The SMILES string of the molecule is CC(C)(C)c1cc(C(C)(C)C)n(C2(C)CCS(=O)(=O)C2)n1. The Hall–Kier alpha value is -0.840. The molecule has 1 aliphatic rings. The highest BCUT2D eigenvalue weighted by atomic mass is 32.2. The van der Waals surface area contributed by atoms with Crippen molar-refractivity contribution in [3.8, 4) is 0 Å². The van der Waals surface area contributed by atoms with Gasteiger partial charge in [-0.15, -0.1) is 0 Å². The third-order valence-corrected chi connectivity index (χ3v) is 6.13. The second-order valence-corrected chi connectivity index (χ2v) is 10.8. The Labute approximate surface area is 128 Å². The second kappa shape index (κ2) is 4.58. The smallest absolute Gasteiger partial charge is 0.152 e. The maximum absolute atomic E-state index is 11.9. The standard InChI is InChI=1S/C16H28N2O2S/c1-14(2,3)12-10-13(15(4,5)6)18(17-12)16(7)8-9-21(19,20)11-16/h10H,8-9,11H2,1-7H3. The quantitative estimate of drug-likeness (QED) is 0.801. The summed E-state index contributed by atoms with van der Waals surface area (Å²) < 4.78 is 25.9. The van der Waals surface area contributed by atoms with Gasteiger partial charge in [0.15, 0.2) is 9.84 Å². The summed E-state index contributed by atoms with van der Waals surface area (Å²) in [4.78, 5) is 0. The first-order chi connectivity index (χ1) is 9.25.